The van der Waals surface area contributed by atoms with E-state index in [4.69, 9.17) is 34.2 Å². The number of nitro groups is 1. The fraction of sp³-hybridized carbons (Fsp3) is 0.429. The molecule has 3 heterocycles. The van der Waals surface area contributed by atoms with Crippen molar-refractivity contribution in [2.24, 2.45) is 11.7 Å². The van der Waals surface area contributed by atoms with E-state index in [0.29, 0.717) is 16.9 Å². The minimum atomic E-state index is -1.14. The minimum Gasteiger partial charge on any atom is -0.447 e. The molecule has 0 aliphatic carbocycles. The number of carbonyl (C=O) groups excluding carboxylic acids is 8. The summed E-state index contributed by atoms with van der Waals surface area (Å²) in [6.45, 7) is 3.32. The van der Waals surface area contributed by atoms with Crippen LogP contribution in [0.4, 0.5) is 30.6 Å². The molecular formula is C42H52N10O16. The van der Waals surface area contributed by atoms with Gasteiger partial charge in [0.2, 0.25) is 11.8 Å². The molecule has 2 aromatic carbocycles. The third-order valence-electron chi connectivity index (χ3n) is 10.0. The molecule has 1 aromatic heterocycles. The maximum Gasteiger partial charge on any atom is 0.514 e. The SMILES string of the molecule is CC(C)C(NC(=O)OCCOCCn1cc2n1C(N1C(=O)C=CC1=O)COCCOC(=O)NC2)C(=O)N[C@@H](CCCNC(N)=O)C(=O)Nc1ccc(COC(=O)Oc2ccc([N+](=O)[O-])cc2)cc1. The van der Waals surface area contributed by atoms with Gasteiger partial charge in [0, 0.05) is 42.7 Å². The summed E-state index contributed by atoms with van der Waals surface area (Å²) in [6, 6.07) is 7.99. The molecule has 0 radical (unpaired) electrons. The first-order chi connectivity index (χ1) is 32.6. The number of anilines is 1. The van der Waals surface area contributed by atoms with E-state index in [1.54, 1.807) is 41.5 Å². The highest BCUT2D eigenvalue weighted by Crippen LogP contribution is 2.24. The highest BCUT2D eigenvalue weighted by molar-refractivity contribution is 6.13. The van der Waals surface area contributed by atoms with E-state index in [9.17, 15) is 48.5 Å². The molecule has 8 amide bonds. The van der Waals surface area contributed by atoms with Gasteiger partial charge in [-0.25, -0.2) is 24.1 Å². The normalized spacial score (nSPS) is 15.7. The van der Waals surface area contributed by atoms with Crippen LogP contribution in [0.15, 0.2) is 66.9 Å². The van der Waals surface area contributed by atoms with Crippen molar-refractivity contribution < 1.29 is 71.7 Å². The van der Waals surface area contributed by atoms with Crippen molar-refractivity contribution in [3.8, 4) is 5.75 Å². The Morgan fingerprint density at radius 2 is 1.65 bits per heavy atom. The topological polar surface area (TPSA) is 334 Å². The number of nitrogens with two attached hydrogens (primary N) is 1. The molecule has 0 spiro atoms. The number of nitrogens with one attached hydrogen (secondary N) is 5. The van der Waals surface area contributed by atoms with Gasteiger partial charge in [0.15, 0.2) is 6.17 Å². The number of amides is 8. The molecule has 26 heteroatoms. The van der Waals surface area contributed by atoms with E-state index in [-0.39, 0.29) is 90.2 Å². The van der Waals surface area contributed by atoms with Crippen LogP contribution in [-0.2, 0) is 62.6 Å². The number of fused-ring (bicyclic) bond motifs is 1. The molecular weight excluding hydrogens is 901 g/mol. The first-order valence-electron chi connectivity index (χ1n) is 21.2. The summed E-state index contributed by atoms with van der Waals surface area (Å²) in [4.78, 5) is 112. The highest BCUT2D eigenvalue weighted by atomic mass is 16.7. The Morgan fingerprint density at radius 1 is 0.926 bits per heavy atom. The number of non-ortho nitro benzene ring substituents is 1. The number of ether oxygens (including phenoxy) is 6. The van der Waals surface area contributed by atoms with Gasteiger partial charge in [0.05, 0.1) is 50.1 Å². The van der Waals surface area contributed by atoms with Crippen LogP contribution in [0.5, 0.6) is 5.75 Å². The fourth-order valence-electron chi connectivity index (χ4n) is 6.64. The molecule has 7 N–H and O–H groups in total. The van der Waals surface area contributed by atoms with Gasteiger partial charge >= 0.3 is 24.4 Å². The lowest BCUT2D eigenvalue weighted by Gasteiger charge is -2.36. The van der Waals surface area contributed by atoms with Gasteiger partial charge in [-0.15, -0.1) is 0 Å². The number of nitro benzene ring substituents is 1. The predicted molar refractivity (Wildman–Crippen MR) is 233 cm³/mol. The number of hydrogen-bond acceptors (Lipinski definition) is 16. The molecule has 0 bridgehead atoms. The van der Waals surface area contributed by atoms with Crippen LogP contribution >= 0.6 is 0 Å². The Hall–Kier alpha value is -8.00. The largest absolute Gasteiger partial charge is 0.514 e. The maximum atomic E-state index is 13.6. The smallest absolute Gasteiger partial charge is 0.447 e. The zero-order chi connectivity index (χ0) is 49.2. The molecule has 366 valence electrons. The van der Waals surface area contributed by atoms with Crippen LogP contribution in [-0.4, -0.2) is 125 Å². The molecule has 2 aliphatic heterocycles. The van der Waals surface area contributed by atoms with Gasteiger partial charge in [-0.2, -0.15) is 0 Å². The van der Waals surface area contributed by atoms with Gasteiger partial charge in [0.25, 0.3) is 17.5 Å². The van der Waals surface area contributed by atoms with Gasteiger partial charge < -0.3 is 60.7 Å². The number of nitrogens with zero attached hydrogens (tertiary/aromatic N) is 4. The predicted octanol–water partition coefficient (Wildman–Crippen LogP) is 1.93. The number of imide groups is 1. The quantitative estimate of drug-likeness (QED) is 0.0169. The van der Waals surface area contributed by atoms with Gasteiger partial charge in [0.1, 0.15) is 37.7 Å². The first-order valence-corrected chi connectivity index (χ1v) is 21.2. The molecule has 0 fully saturated rings. The van der Waals surface area contributed by atoms with Crippen LogP contribution in [0, 0.1) is 16.0 Å². The van der Waals surface area contributed by atoms with Crippen molar-refractivity contribution in [3.63, 3.8) is 0 Å². The average Bonchev–Trinajstić information content (AvgIpc) is 3.62. The third-order valence-corrected chi connectivity index (χ3v) is 10.0. The number of benzene rings is 2. The van der Waals surface area contributed by atoms with E-state index in [1.165, 1.54) is 36.4 Å². The number of primary amides is 1. The third kappa shape index (κ3) is 15.3. The number of rotatable bonds is 21. The molecule has 2 unspecified atom stereocenters. The van der Waals surface area contributed by atoms with Crippen molar-refractivity contribution in [1.82, 2.24) is 35.5 Å². The van der Waals surface area contributed by atoms with Crippen molar-refractivity contribution >= 4 is 59.4 Å². The Balaban J connectivity index is 1.09. The van der Waals surface area contributed by atoms with Gasteiger partial charge in [-0.05, 0) is 48.6 Å². The van der Waals surface area contributed by atoms with Gasteiger partial charge in [-0.3, -0.25) is 38.7 Å². The molecule has 68 heavy (non-hydrogen) atoms. The first kappa shape index (κ1) is 51.0. The molecule has 26 nitrogen and oxygen atoms in total. The summed E-state index contributed by atoms with van der Waals surface area (Å²) in [5, 5.41) is 23.8. The van der Waals surface area contributed by atoms with Crippen molar-refractivity contribution in [3.05, 3.63) is 88.3 Å². The lowest BCUT2D eigenvalue weighted by Crippen LogP contribution is -2.54. The van der Waals surface area contributed by atoms with E-state index >= 15 is 0 Å². The lowest BCUT2D eigenvalue weighted by molar-refractivity contribution is -0.384. The molecule has 5 rings (SSSR count). The maximum absolute atomic E-state index is 13.6. The molecule has 3 aromatic rings. The Morgan fingerprint density at radius 3 is 2.32 bits per heavy atom. The lowest BCUT2D eigenvalue weighted by atomic mass is 10.0. The Labute approximate surface area is 387 Å². The molecule has 0 saturated carbocycles. The summed E-state index contributed by atoms with van der Waals surface area (Å²) in [6.07, 6.45) is 0.818. The number of carbonyl (C=O) groups is 8. The Bertz CT molecular complexity index is 2290. The van der Waals surface area contributed by atoms with E-state index in [2.05, 4.69) is 26.6 Å². The summed E-state index contributed by atoms with van der Waals surface area (Å²) in [5.74, 6) is -2.78. The number of aromatic nitrogens is 2. The summed E-state index contributed by atoms with van der Waals surface area (Å²) in [7, 11) is 0. The second-order valence-electron chi connectivity index (χ2n) is 15.2. The number of cyclic esters (lactones) is 1. The Kier molecular flexibility index (Phi) is 18.8. The summed E-state index contributed by atoms with van der Waals surface area (Å²) in [5.41, 5.74) is 6.41. The van der Waals surface area contributed by atoms with Crippen molar-refractivity contribution in [1.29, 1.82) is 0 Å². The summed E-state index contributed by atoms with van der Waals surface area (Å²) >= 11 is 0. The number of urea groups is 1. The average molecular weight is 953 g/mol. The van der Waals surface area contributed by atoms with Crippen LogP contribution < -0.4 is 37.1 Å². The zero-order valence-corrected chi connectivity index (χ0v) is 37.0. The van der Waals surface area contributed by atoms with Gasteiger partial charge in [-0.1, -0.05) is 26.0 Å². The highest BCUT2D eigenvalue weighted by Gasteiger charge is 2.36. The fourth-order valence-corrected chi connectivity index (χ4v) is 6.64. The van der Waals surface area contributed by atoms with Crippen LogP contribution in [0.3, 0.4) is 0 Å². The summed E-state index contributed by atoms with van der Waals surface area (Å²) < 4.78 is 35.1. The molecule has 2 aliphatic rings. The van der Waals surface area contributed by atoms with E-state index in [0.717, 1.165) is 17.1 Å². The number of alkyl carbamates (subject to hydrolysis) is 2. The molecule has 0 saturated heterocycles. The second-order valence-corrected chi connectivity index (χ2v) is 15.2. The number of hydrogen-bond donors (Lipinski definition) is 6. The minimum absolute atomic E-state index is 0.0291. The monoisotopic (exact) mass is 952 g/mol. The van der Waals surface area contributed by atoms with Crippen LogP contribution in [0.2, 0.25) is 0 Å². The molecule has 3 atom stereocenters. The zero-order valence-electron chi connectivity index (χ0n) is 37.0. The van der Waals surface area contributed by atoms with Crippen molar-refractivity contribution in [2.45, 2.75) is 64.6 Å². The van der Waals surface area contributed by atoms with Crippen molar-refractivity contribution in [2.75, 3.05) is 51.5 Å². The van der Waals surface area contributed by atoms with E-state index < -0.39 is 77.1 Å². The second kappa shape index (κ2) is 25.1. The van der Waals surface area contributed by atoms with Crippen LogP contribution in [0.25, 0.3) is 0 Å². The van der Waals surface area contributed by atoms with Crippen LogP contribution in [0.1, 0.15) is 44.1 Å². The standard InChI is InChI=1S/C42H52N10O16/c1-26(2)36(48-41(59)66-20-18-63-17-16-49-23-30-22-45-40(58)65-21-19-64-25-33(51(30)49)50-34(53)13-14-35(50)54)38(56)47-32(4-3-15-44-39(43)57)37(55)46-28-7-5-27(6-8-28)24-67-42(60)68-31-11-9-29(10-12-31)52(61)62/h5-14,23,26,32-33,36H,3-4,15-22,24-25H2,1-2H3,(H,45,58)(H,46,55)(H,47,56)(H,48,59)(H3,43,44,57)/t32-,33?,36?/m0/s1. The van der Waals surface area contributed by atoms with E-state index in [1.807, 2.05) is 0 Å².